The zero-order valence-corrected chi connectivity index (χ0v) is 12.0. The van der Waals surface area contributed by atoms with Crippen LogP contribution in [0.3, 0.4) is 0 Å². The highest BCUT2D eigenvalue weighted by atomic mass is 16.5. The smallest absolute Gasteiger partial charge is 0.340 e. The van der Waals surface area contributed by atoms with Gasteiger partial charge in [-0.2, -0.15) is 0 Å². The second kappa shape index (κ2) is 7.37. The minimum Gasteiger partial charge on any atom is -0.469 e. The number of hydrogen-bond donors (Lipinski definition) is 1. The van der Waals surface area contributed by atoms with E-state index in [1.165, 1.54) is 7.11 Å². The molecule has 1 rings (SSSR count). The molecule has 0 saturated heterocycles. The topological polar surface area (TPSA) is 81.9 Å². The number of hydrogen-bond acceptors (Lipinski definition) is 6. The molecule has 0 saturated carbocycles. The van der Waals surface area contributed by atoms with Crippen LogP contribution < -0.4 is 10.6 Å². The van der Waals surface area contributed by atoms with Crippen molar-refractivity contribution in [2.45, 2.75) is 12.8 Å². The van der Waals surface area contributed by atoms with Gasteiger partial charge in [0, 0.05) is 26.2 Å². The number of nitrogens with two attached hydrogens (primary N) is 1. The van der Waals surface area contributed by atoms with Gasteiger partial charge in [-0.25, -0.2) is 4.79 Å². The van der Waals surface area contributed by atoms with E-state index < -0.39 is 5.97 Å². The second-order valence-corrected chi connectivity index (χ2v) is 4.49. The highest BCUT2D eigenvalue weighted by Gasteiger charge is 2.15. The Morgan fingerprint density at radius 1 is 1.30 bits per heavy atom. The molecule has 0 atom stereocenters. The fourth-order valence-electron chi connectivity index (χ4n) is 1.67. The lowest BCUT2D eigenvalue weighted by molar-refractivity contribution is -0.140. The standard InChI is InChI=1S/C14H20N2O4/c1-16(2)12-7-6-10(15)9-11(12)14(18)20-8-4-5-13(17)19-3/h6-7,9H,4-5,8,15H2,1-3H3. The van der Waals surface area contributed by atoms with Gasteiger partial charge in [-0.1, -0.05) is 0 Å². The van der Waals surface area contributed by atoms with Crippen molar-refractivity contribution in [2.24, 2.45) is 0 Å². The monoisotopic (exact) mass is 280 g/mol. The largest absolute Gasteiger partial charge is 0.469 e. The number of methoxy groups -OCH3 is 1. The maximum atomic E-state index is 12.0. The highest BCUT2D eigenvalue weighted by molar-refractivity contribution is 5.96. The fraction of sp³-hybridized carbons (Fsp3) is 0.429. The molecule has 1 aromatic rings. The summed E-state index contributed by atoms with van der Waals surface area (Å²) in [7, 11) is 4.99. The van der Waals surface area contributed by atoms with Crippen molar-refractivity contribution >= 4 is 23.3 Å². The summed E-state index contributed by atoms with van der Waals surface area (Å²) in [5.41, 5.74) is 7.33. The van der Waals surface area contributed by atoms with Crippen molar-refractivity contribution in [1.29, 1.82) is 0 Å². The minimum absolute atomic E-state index is 0.162. The molecule has 6 heteroatoms. The first-order chi connectivity index (χ1) is 9.45. The molecule has 0 aliphatic rings. The summed E-state index contributed by atoms with van der Waals surface area (Å²) in [5.74, 6) is -0.773. The Kier molecular flexibility index (Phi) is 5.83. The van der Waals surface area contributed by atoms with Gasteiger partial charge in [-0.15, -0.1) is 0 Å². The van der Waals surface area contributed by atoms with E-state index in [1.54, 1.807) is 18.2 Å². The molecule has 0 heterocycles. The van der Waals surface area contributed by atoms with Crippen molar-refractivity contribution in [3.63, 3.8) is 0 Å². The molecule has 0 radical (unpaired) electrons. The van der Waals surface area contributed by atoms with Gasteiger partial charge >= 0.3 is 11.9 Å². The highest BCUT2D eigenvalue weighted by Crippen LogP contribution is 2.22. The van der Waals surface area contributed by atoms with E-state index in [9.17, 15) is 9.59 Å². The van der Waals surface area contributed by atoms with Crippen molar-refractivity contribution < 1.29 is 19.1 Å². The summed E-state index contributed by atoms with van der Waals surface area (Å²) < 4.78 is 9.65. The Hall–Kier alpha value is -2.24. The third kappa shape index (κ3) is 4.46. The Morgan fingerprint density at radius 2 is 2.00 bits per heavy atom. The number of anilines is 2. The Balaban J connectivity index is 2.63. The van der Waals surface area contributed by atoms with Gasteiger partial charge in [-0.05, 0) is 24.6 Å². The normalized spacial score (nSPS) is 9.95. The number of carbonyl (C=O) groups excluding carboxylic acids is 2. The number of carbonyl (C=O) groups is 2. The van der Waals surface area contributed by atoms with Gasteiger partial charge in [0.2, 0.25) is 0 Å². The SMILES string of the molecule is COC(=O)CCCOC(=O)c1cc(N)ccc1N(C)C. The van der Waals surface area contributed by atoms with E-state index >= 15 is 0 Å². The number of rotatable bonds is 6. The van der Waals surface area contributed by atoms with Crippen LogP contribution in [0.15, 0.2) is 18.2 Å². The first-order valence-corrected chi connectivity index (χ1v) is 6.26. The molecular formula is C14H20N2O4. The lowest BCUT2D eigenvalue weighted by atomic mass is 10.1. The average molecular weight is 280 g/mol. The van der Waals surface area contributed by atoms with Crippen molar-refractivity contribution in [3.8, 4) is 0 Å². The van der Waals surface area contributed by atoms with Gasteiger partial charge in [0.25, 0.3) is 0 Å². The van der Waals surface area contributed by atoms with Crippen LogP contribution in [0.5, 0.6) is 0 Å². The van der Waals surface area contributed by atoms with Gasteiger partial charge in [-0.3, -0.25) is 4.79 Å². The first-order valence-electron chi connectivity index (χ1n) is 6.26. The predicted octanol–water partition coefficient (Wildman–Crippen LogP) is 1.44. The van der Waals surface area contributed by atoms with E-state index in [1.807, 2.05) is 19.0 Å². The van der Waals surface area contributed by atoms with E-state index in [4.69, 9.17) is 10.5 Å². The number of ether oxygens (including phenoxy) is 2. The van der Waals surface area contributed by atoms with Crippen LogP contribution in [0, 0.1) is 0 Å². The van der Waals surface area contributed by atoms with Crippen molar-refractivity contribution in [1.82, 2.24) is 0 Å². The van der Waals surface area contributed by atoms with E-state index in [2.05, 4.69) is 4.74 Å². The van der Waals surface area contributed by atoms with Crippen LogP contribution in [-0.2, 0) is 14.3 Å². The molecular weight excluding hydrogens is 260 g/mol. The molecule has 1 aromatic carbocycles. The summed E-state index contributed by atoms with van der Waals surface area (Å²) in [4.78, 5) is 24.8. The summed E-state index contributed by atoms with van der Waals surface area (Å²) in [6.07, 6.45) is 0.652. The van der Waals surface area contributed by atoms with E-state index in [-0.39, 0.29) is 19.0 Å². The summed E-state index contributed by atoms with van der Waals surface area (Å²) in [6, 6.07) is 5.07. The molecule has 6 nitrogen and oxygen atoms in total. The average Bonchev–Trinajstić information content (AvgIpc) is 2.42. The van der Waals surface area contributed by atoms with Crippen LogP contribution in [-0.4, -0.2) is 39.8 Å². The van der Waals surface area contributed by atoms with Crippen LogP contribution in [0.4, 0.5) is 11.4 Å². The molecule has 0 aliphatic heterocycles. The summed E-state index contributed by atoms with van der Waals surface area (Å²) in [6.45, 7) is 0.162. The molecule has 0 aliphatic carbocycles. The fourth-order valence-corrected chi connectivity index (χ4v) is 1.67. The van der Waals surface area contributed by atoms with Gasteiger partial charge in [0.15, 0.2) is 0 Å². The van der Waals surface area contributed by atoms with E-state index in [0.29, 0.717) is 17.7 Å². The quantitative estimate of drug-likeness (QED) is 0.482. The zero-order chi connectivity index (χ0) is 15.1. The molecule has 0 bridgehead atoms. The number of benzene rings is 1. The number of esters is 2. The molecule has 0 aromatic heterocycles. The van der Waals surface area contributed by atoms with E-state index in [0.717, 1.165) is 5.69 Å². The van der Waals surface area contributed by atoms with Crippen LogP contribution in [0.1, 0.15) is 23.2 Å². The predicted molar refractivity (Wildman–Crippen MR) is 76.7 cm³/mol. The van der Waals surface area contributed by atoms with Crippen molar-refractivity contribution in [3.05, 3.63) is 23.8 Å². The van der Waals surface area contributed by atoms with Gasteiger partial charge in [0.1, 0.15) is 0 Å². The molecule has 0 fully saturated rings. The zero-order valence-electron chi connectivity index (χ0n) is 12.0. The maximum Gasteiger partial charge on any atom is 0.340 e. The Labute approximate surface area is 118 Å². The third-order valence-corrected chi connectivity index (χ3v) is 2.71. The lowest BCUT2D eigenvalue weighted by Crippen LogP contribution is -2.16. The lowest BCUT2D eigenvalue weighted by Gasteiger charge is -2.17. The van der Waals surface area contributed by atoms with Crippen LogP contribution in [0.25, 0.3) is 0 Å². The summed E-state index contributed by atoms with van der Waals surface area (Å²) in [5, 5.41) is 0. The summed E-state index contributed by atoms with van der Waals surface area (Å²) >= 11 is 0. The van der Waals surface area contributed by atoms with Crippen LogP contribution in [0.2, 0.25) is 0 Å². The molecule has 20 heavy (non-hydrogen) atoms. The second-order valence-electron chi connectivity index (χ2n) is 4.49. The first kappa shape index (κ1) is 15.8. The minimum atomic E-state index is -0.453. The van der Waals surface area contributed by atoms with Gasteiger partial charge < -0.3 is 20.1 Å². The Morgan fingerprint density at radius 3 is 2.60 bits per heavy atom. The number of nitrogen functional groups attached to an aromatic ring is 1. The molecule has 110 valence electrons. The van der Waals surface area contributed by atoms with Crippen molar-refractivity contribution in [2.75, 3.05) is 38.4 Å². The Bertz CT molecular complexity index is 486. The molecule has 0 spiro atoms. The molecule has 0 unspecified atom stereocenters. The number of nitrogens with zero attached hydrogens (tertiary/aromatic N) is 1. The maximum absolute atomic E-state index is 12.0. The third-order valence-electron chi connectivity index (χ3n) is 2.71. The molecule has 0 amide bonds. The molecule has 2 N–H and O–H groups in total. The van der Waals surface area contributed by atoms with Gasteiger partial charge in [0.05, 0.1) is 25.0 Å². The van der Waals surface area contributed by atoms with Crippen LogP contribution >= 0.6 is 0 Å².